The van der Waals surface area contributed by atoms with Gasteiger partial charge in [-0.2, -0.15) is 13.2 Å². The number of nitrogens with one attached hydrogen (secondary N) is 1. The third-order valence-electron chi connectivity index (χ3n) is 4.23. The van der Waals surface area contributed by atoms with Crippen LogP contribution in [0.25, 0.3) is 11.5 Å². The number of rotatable bonds is 6. The van der Waals surface area contributed by atoms with Gasteiger partial charge in [0.15, 0.2) is 11.5 Å². The van der Waals surface area contributed by atoms with Gasteiger partial charge in [0.25, 0.3) is 0 Å². The van der Waals surface area contributed by atoms with Crippen LogP contribution in [-0.4, -0.2) is 70.0 Å². The van der Waals surface area contributed by atoms with E-state index in [1.165, 1.54) is 12.3 Å². The summed E-state index contributed by atoms with van der Waals surface area (Å²) < 4.78 is 45.0. The van der Waals surface area contributed by atoms with Crippen LogP contribution < -0.4 is 5.32 Å². The van der Waals surface area contributed by atoms with Gasteiger partial charge in [-0.15, -0.1) is 0 Å². The minimum atomic E-state index is -4.63. The molecule has 3 rings (SSSR count). The van der Waals surface area contributed by atoms with E-state index in [9.17, 15) is 18.3 Å². The van der Waals surface area contributed by atoms with Crippen molar-refractivity contribution in [2.45, 2.75) is 18.7 Å². The number of β-amino-alcohol motifs (C(OH)–C–C–N with tert-alkyl or cyclic N) is 1. The van der Waals surface area contributed by atoms with E-state index in [1.54, 1.807) is 19.1 Å². The zero-order valence-corrected chi connectivity index (χ0v) is 15.4. The predicted octanol–water partition coefficient (Wildman–Crippen LogP) is 2.05. The van der Waals surface area contributed by atoms with E-state index in [4.69, 9.17) is 4.74 Å². The summed E-state index contributed by atoms with van der Waals surface area (Å²) in [6.07, 6.45) is -3.17. The van der Waals surface area contributed by atoms with E-state index < -0.39 is 17.5 Å². The molecule has 3 heterocycles. The molecule has 0 bridgehead atoms. The number of morpholine rings is 1. The molecular weight excluding hydrogens is 375 g/mol. The van der Waals surface area contributed by atoms with Crippen molar-refractivity contribution in [1.82, 2.24) is 19.9 Å². The summed E-state index contributed by atoms with van der Waals surface area (Å²) in [4.78, 5) is 13.8. The zero-order chi connectivity index (χ0) is 20.2. The van der Waals surface area contributed by atoms with E-state index in [-0.39, 0.29) is 23.9 Å². The third kappa shape index (κ3) is 5.60. The highest BCUT2D eigenvalue weighted by Crippen LogP contribution is 2.30. The molecule has 2 aromatic rings. The van der Waals surface area contributed by atoms with E-state index in [1.807, 2.05) is 4.90 Å². The molecule has 0 radical (unpaired) electrons. The molecule has 0 saturated carbocycles. The summed E-state index contributed by atoms with van der Waals surface area (Å²) in [5.41, 5.74) is -2.00. The number of aromatic nitrogens is 3. The number of halogens is 3. The Morgan fingerprint density at radius 3 is 2.61 bits per heavy atom. The molecule has 0 spiro atoms. The Kier molecular flexibility index (Phi) is 6.11. The van der Waals surface area contributed by atoms with Crippen molar-refractivity contribution in [1.29, 1.82) is 0 Å². The molecule has 1 saturated heterocycles. The van der Waals surface area contributed by atoms with E-state index >= 15 is 0 Å². The van der Waals surface area contributed by atoms with Gasteiger partial charge in [0.05, 0.1) is 18.8 Å². The van der Waals surface area contributed by atoms with Crippen molar-refractivity contribution < 1.29 is 23.0 Å². The molecule has 7 nitrogen and oxygen atoms in total. The van der Waals surface area contributed by atoms with E-state index in [2.05, 4.69) is 20.3 Å². The molecule has 0 amide bonds. The number of anilines is 1. The number of hydrogen-bond donors (Lipinski definition) is 2. The maximum atomic E-state index is 13.2. The smallest absolute Gasteiger partial charge is 0.387 e. The van der Waals surface area contributed by atoms with Crippen LogP contribution in [0.5, 0.6) is 0 Å². The van der Waals surface area contributed by atoms with E-state index in [0.29, 0.717) is 32.8 Å². The lowest BCUT2D eigenvalue weighted by atomic mass is 10.1. The molecule has 1 atom stereocenters. The van der Waals surface area contributed by atoms with Gasteiger partial charge >= 0.3 is 6.18 Å². The van der Waals surface area contributed by atoms with Crippen molar-refractivity contribution in [3.8, 4) is 11.5 Å². The first-order chi connectivity index (χ1) is 13.2. The van der Waals surface area contributed by atoms with Crippen molar-refractivity contribution in [2.24, 2.45) is 0 Å². The lowest BCUT2D eigenvalue weighted by Gasteiger charge is -2.34. The fourth-order valence-electron chi connectivity index (χ4n) is 2.87. The SMILES string of the molecule is CC(O)(CNc1cc(C(F)(F)F)nc(-c2ccccn2)n1)CN1CCOCC1. The fourth-order valence-corrected chi connectivity index (χ4v) is 2.87. The van der Waals surface area contributed by atoms with Crippen molar-refractivity contribution in [3.05, 3.63) is 36.2 Å². The summed E-state index contributed by atoms with van der Waals surface area (Å²) in [5.74, 6) is -0.157. The number of ether oxygens (including phenoxy) is 1. The highest BCUT2D eigenvalue weighted by atomic mass is 19.4. The average Bonchev–Trinajstić information content (AvgIpc) is 2.67. The molecule has 2 aromatic heterocycles. The van der Waals surface area contributed by atoms with Crippen molar-refractivity contribution in [3.63, 3.8) is 0 Å². The van der Waals surface area contributed by atoms with Crippen LogP contribution in [0.3, 0.4) is 0 Å². The molecule has 1 unspecified atom stereocenters. The Bertz CT molecular complexity index is 781. The summed E-state index contributed by atoms with van der Waals surface area (Å²) in [7, 11) is 0. The average molecular weight is 397 g/mol. The maximum absolute atomic E-state index is 13.2. The van der Waals surface area contributed by atoms with Crippen molar-refractivity contribution in [2.75, 3.05) is 44.7 Å². The molecule has 10 heteroatoms. The Balaban J connectivity index is 1.76. The second-order valence-electron chi connectivity index (χ2n) is 6.91. The van der Waals surface area contributed by atoms with Crippen LogP contribution in [0.1, 0.15) is 12.6 Å². The van der Waals surface area contributed by atoms with Gasteiger partial charge in [-0.05, 0) is 19.1 Å². The Morgan fingerprint density at radius 2 is 1.96 bits per heavy atom. The summed E-state index contributed by atoms with van der Waals surface area (Å²) >= 11 is 0. The highest BCUT2D eigenvalue weighted by molar-refractivity contribution is 5.53. The minimum absolute atomic E-state index is 0.0229. The molecular formula is C18H22F3N5O2. The molecule has 152 valence electrons. The maximum Gasteiger partial charge on any atom is 0.433 e. The van der Waals surface area contributed by atoms with Crippen LogP contribution in [-0.2, 0) is 10.9 Å². The second-order valence-corrected chi connectivity index (χ2v) is 6.91. The van der Waals surface area contributed by atoms with Crippen LogP contribution in [0.4, 0.5) is 19.0 Å². The Morgan fingerprint density at radius 1 is 1.21 bits per heavy atom. The van der Waals surface area contributed by atoms with Crippen molar-refractivity contribution >= 4 is 5.82 Å². The zero-order valence-electron chi connectivity index (χ0n) is 15.4. The number of nitrogens with zero attached hydrogens (tertiary/aromatic N) is 4. The van der Waals surface area contributed by atoms with Gasteiger partial charge in [-0.3, -0.25) is 9.88 Å². The molecule has 2 N–H and O–H groups in total. The first kappa shape index (κ1) is 20.4. The molecule has 1 fully saturated rings. The number of alkyl halides is 3. The molecule has 1 aliphatic rings. The van der Waals surface area contributed by atoms with E-state index in [0.717, 1.165) is 6.07 Å². The normalized spacial score (nSPS) is 17.9. The monoisotopic (exact) mass is 397 g/mol. The van der Waals surface area contributed by atoms with Gasteiger partial charge in [0, 0.05) is 38.4 Å². The minimum Gasteiger partial charge on any atom is -0.387 e. The summed E-state index contributed by atoms with van der Waals surface area (Å²) in [5, 5.41) is 13.4. The topological polar surface area (TPSA) is 83.4 Å². The summed E-state index contributed by atoms with van der Waals surface area (Å²) in [6.45, 7) is 4.61. The van der Waals surface area contributed by atoms with Gasteiger partial charge in [-0.1, -0.05) is 6.07 Å². The molecule has 0 aliphatic carbocycles. The highest BCUT2D eigenvalue weighted by Gasteiger charge is 2.34. The predicted molar refractivity (Wildman–Crippen MR) is 96.6 cm³/mol. The quantitative estimate of drug-likeness (QED) is 0.772. The standard InChI is InChI=1S/C18H22F3N5O2/c1-17(27,12-26-6-8-28-9-7-26)11-23-15-10-14(18(19,20)21)24-16(25-15)13-4-2-3-5-22-13/h2-5,10,27H,6-9,11-12H2,1H3,(H,23,24,25). The summed E-state index contributed by atoms with van der Waals surface area (Å²) in [6, 6.07) is 5.66. The van der Waals surface area contributed by atoms with Crippen LogP contribution >= 0.6 is 0 Å². The molecule has 1 aliphatic heterocycles. The molecule has 0 aromatic carbocycles. The molecule has 28 heavy (non-hydrogen) atoms. The van der Waals surface area contributed by atoms with Crippen LogP contribution in [0.2, 0.25) is 0 Å². The Hall–Kier alpha value is -2.30. The van der Waals surface area contributed by atoms with Crippen LogP contribution in [0.15, 0.2) is 30.5 Å². The van der Waals surface area contributed by atoms with Gasteiger partial charge in [0.1, 0.15) is 11.5 Å². The van der Waals surface area contributed by atoms with Gasteiger partial charge in [-0.25, -0.2) is 9.97 Å². The van der Waals surface area contributed by atoms with Gasteiger partial charge in [0.2, 0.25) is 0 Å². The largest absolute Gasteiger partial charge is 0.433 e. The lowest BCUT2D eigenvalue weighted by Crippen LogP contribution is -2.49. The second kappa shape index (κ2) is 8.38. The number of hydrogen-bond acceptors (Lipinski definition) is 7. The fraction of sp³-hybridized carbons (Fsp3) is 0.500. The first-order valence-corrected chi connectivity index (χ1v) is 8.87. The first-order valence-electron chi connectivity index (χ1n) is 8.87. The Labute approximate surface area is 160 Å². The number of pyridine rings is 1. The van der Waals surface area contributed by atoms with Crippen LogP contribution in [0, 0.1) is 0 Å². The lowest BCUT2D eigenvalue weighted by molar-refractivity contribution is -0.141. The number of aliphatic hydroxyl groups is 1. The van der Waals surface area contributed by atoms with Gasteiger partial charge < -0.3 is 15.2 Å². The third-order valence-corrected chi connectivity index (χ3v) is 4.23.